The first kappa shape index (κ1) is 9.68. The van der Waals surface area contributed by atoms with E-state index >= 15 is 0 Å². The minimum absolute atomic E-state index is 0. The van der Waals surface area contributed by atoms with E-state index in [2.05, 4.69) is 23.2 Å². The van der Waals surface area contributed by atoms with Gasteiger partial charge in [-0.2, -0.15) is 0 Å². The molecule has 0 nitrogen and oxygen atoms in total. The van der Waals surface area contributed by atoms with Gasteiger partial charge < -0.3 is 0 Å². The molecule has 0 aliphatic rings. The summed E-state index contributed by atoms with van der Waals surface area (Å²) >= 11 is 2.70. The Balaban J connectivity index is 0. The molecule has 0 atom stereocenters. The first-order valence-corrected chi connectivity index (χ1v) is 2.93. The number of hydrogen-bond acceptors (Lipinski definition) is 0. The van der Waals surface area contributed by atoms with Gasteiger partial charge in [0.1, 0.15) is 16.3 Å². The summed E-state index contributed by atoms with van der Waals surface area (Å²) in [6, 6.07) is 0. The van der Waals surface area contributed by atoms with Gasteiger partial charge in [-0.15, -0.1) is 5.28 Å². The van der Waals surface area contributed by atoms with E-state index in [-0.39, 0.29) is 4.70 Å². The van der Waals surface area contributed by atoms with Gasteiger partial charge in [-0.05, 0) is 0 Å². The molecule has 0 aliphatic heterocycles. The molecule has 0 saturated carbocycles. The number of unbranched alkanes of at least 4 members (excludes halogenated alkanes) is 1. The van der Waals surface area contributed by atoms with Crippen LogP contribution >= 0.6 is 0 Å². The van der Waals surface area contributed by atoms with Gasteiger partial charge in [0.2, 0.25) is 0 Å². The van der Waals surface area contributed by atoms with Crippen LogP contribution in [0.1, 0.15) is 19.8 Å². The van der Waals surface area contributed by atoms with Gasteiger partial charge in [0.25, 0.3) is 0 Å². The molecule has 0 aromatic heterocycles. The molecule has 0 saturated heterocycles. The standard InChI is InChI=1S/C4H9.Al.FH/c1-3-4-2;;/h1,3-4H2,2H3;;1H. The Hall–Kier alpha value is 0.462. The van der Waals surface area contributed by atoms with E-state index in [4.69, 9.17) is 0 Å². The first-order chi connectivity index (χ1) is 2.41. The number of hydrogen-bond donors (Lipinski definition) is 0. The van der Waals surface area contributed by atoms with Crippen LogP contribution in [-0.4, -0.2) is 16.3 Å². The van der Waals surface area contributed by atoms with Gasteiger partial charge in [-0.3, -0.25) is 4.70 Å². The maximum absolute atomic E-state index is 2.70. The maximum atomic E-state index is 2.70. The molecule has 2 heteroatoms. The maximum Gasteiger partial charge on any atom is 0.118 e. The third kappa shape index (κ3) is 8.82. The van der Waals surface area contributed by atoms with Crippen LogP contribution in [0.15, 0.2) is 0 Å². The Morgan fingerprint density at radius 1 is 1.50 bits per heavy atom. The van der Waals surface area contributed by atoms with Gasteiger partial charge in [-0.1, -0.05) is 19.8 Å². The van der Waals surface area contributed by atoms with E-state index in [0.29, 0.717) is 0 Å². The lowest BCUT2D eigenvalue weighted by Gasteiger charge is -1.79. The summed E-state index contributed by atoms with van der Waals surface area (Å²) in [5, 5.41) is 1.26. The molecular formula is C4H10AlF. The smallest absolute Gasteiger partial charge is 0.118 e. The second-order valence-electron chi connectivity index (χ2n) is 1.14. The summed E-state index contributed by atoms with van der Waals surface area (Å²) in [5.41, 5.74) is 0. The van der Waals surface area contributed by atoms with Crippen molar-refractivity contribution in [2.45, 2.75) is 25.0 Å². The number of rotatable bonds is 2. The van der Waals surface area contributed by atoms with E-state index < -0.39 is 0 Å². The van der Waals surface area contributed by atoms with Crippen molar-refractivity contribution in [1.29, 1.82) is 0 Å². The van der Waals surface area contributed by atoms with Gasteiger partial charge in [0.05, 0.1) is 0 Å². The van der Waals surface area contributed by atoms with E-state index in [1.54, 1.807) is 0 Å². The molecule has 0 aliphatic carbocycles. The molecule has 0 bridgehead atoms. The van der Waals surface area contributed by atoms with Gasteiger partial charge in [-0.25, -0.2) is 0 Å². The SMILES string of the molecule is CCC[CH2][Al].F. The largest absolute Gasteiger partial charge is 0.269 e. The lowest BCUT2D eigenvalue weighted by atomic mass is 10.4. The predicted octanol–water partition coefficient (Wildman–Crippen LogP) is 1.53. The molecule has 0 rings (SSSR count). The topological polar surface area (TPSA) is 0 Å². The molecule has 0 N–H and O–H groups in total. The monoisotopic (exact) mass is 104 g/mol. The molecule has 0 aromatic rings. The fraction of sp³-hybridized carbons (Fsp3) is 1.00. The van der Waals surface area contributed by atoms with Crippen LogP contribution in [0.4, 0.5) is 4.70 Å². The molecule has 0 unspecified atom stereocenters. The highest BCUT2D eigenvalue weighted by molar-refractivity contribution is 6.08. The fourth-order valence-electron chi connectivity index (χ4n) is 0.204. The molecule has 36 valence electrons. The number of halogens is 1. The average Bonchev–Trinajstić information content (AvgIpc) is 1.41. The van der Waals surface area contributed by atoms with Crippen LogP contribution < -0.4 is 0 Å². The molecule has 0 aromatic carbocycles. The van der Waals surface area contributed by atoms with Crippen molar-refractivity contribution in [1.82, 2.24) is 0 Å². The second-order valence-corrected chi connectivity index (χ2v) is 1.72. The predicted molar refractivity (Wildman–Crippen MR) is 28.0 cm³/mol. The molecule has 2 radical (unpaired) electrons. The van der Waals surface area contributed by atoms with Crippen molar-refractivity contribution in [3.05, 3.63) is 0 Å². The van der Waals surface area contributed by atoms with E-state index in [1.165, 1.54) is 18.1 Å². The average molecular weight is 104 g/mol. The minimum Gasteiger partial charge on any atom is -0.269 e. The van der Waals surface area contributed by atoms with Gasteiger partial charge in [0.15, 0.2) is 0 Å². The van der Waals surface area contributed by atoms with Crippen molar-refractivity contribution < 1.29 is 4.70 Å². The van der Waals surface area contributed by atoms with E-state index in [9.17, 15) is 0 Å². The minimum atomic E-state index is 0. The Morgan fingerprint density at radius 2 is 2.00 bits per heavy atom. The Labute approximate surface area is 46.7 Å². The molecule has 0 fully saturated rings. The van der Waals surface area contributed by atoms with Crippen LogP contribution in [0.25, 0.3) is 0 Å². The van der Waals surface area contributed by atoms with Crippen LogP contribution in [-0.2, 0) is 0 Å². The first-order valence-electron chi connectivity index (χ1n) is 2.12. The summed E-state index contributed by atoms with van der Waals surface area (Å²) in [6.07, 6.45) is 2.67. The zero-order chi connectivity index (χ0) is 4.12. The molecule has 0 heterocycles. The van der Waals surface area contributed by atoms with Crippen LogP contribution in [0, 0.1) is 0 Å². The molecule has 0 amide bonds. The summed E-state index contributed by atoms with van der Waals surface area (Å²) in [5.74, 6) is 0. The van der Waals surface area contributed by atoms with Crippen molar-refractivity contribution in [3.8, 4) is 0 Å². The summed E-state index contributed by atoms with van der Waals surface area (Å²) in [4.78, 5) is 0. The van der Waals surface area contributed by atoms with Crippen LogP contribution in [0.3, 0.4) is 0 Å². The summed E-state index contributed by atoms with van der Waals surface area (Å²) in [6.45, 7) is 2.20. The Bertz CT molecular complexity index is 15.0. The highest BCUT2D eigenvalue weighted by Crippen LogP contribution is 1.86. The van der Waals surface area contributed by atoms with E-state index in [0.717, 1.165) is 0 Å². The van der Waals surface area contributed by atoms with Gasteiger partial charge >= 0.3 is 0 Å². The zero-order valence-electron chi connectivity index (χ0n) is 4.11. The second kappa shape index (κ2) is 9.07. The van der Waals surface area contributed by atoms with Crippen molar-refractivity contribution in [2.75, 3.05) is 0 Å². The Kier molecular flexibility index (Phi) is 14.6. The summed E-state index contributed by atoms with van der Waals surface area (Å²) < 4.78 is 0. The summed E-state index contributed by atoms with van der Waals surface area (Å²) in [7, 11) is 0. The lowest BCUT2D eigenvalue weighted by molar-refractivity contribution is 0.884. The molecule has 0 spiro atoms. The highest BCUT2D eigenvalue weighted by Gasteiger charge is 1.67. The lowest BCUT2D eigenvalue weighted by Crippen LogP contribution is -1.63. The molecular weight excluding hydrogens is 94.0 g/mol. The normalized spacial score (nSPS) is 6.83. The van der Waals surface area contributed by atoms with Gasteiger partial charge in [0, 0.05) is 0 Å². The van der Waals surface area contributed by atoms with Crippen LogP contribution in [0.5, 0.6) is 0 Å². The fourth-order valence-corrected chi connectivity index (χ4v) is 0.612. The highest BCUT2D eigenvalue weighted by atomic mass is 27.0. The third-order valence-corrected chi connectivity index (χ3v) is 0.966. The Morgan fingerprint density at radius 3 is 2.00 bits per heavy atom. The quantitative estimate of drug-likeness (QED) is 0.466. The van der Waals surface area contributed by atoms with Crippen molar-refractivity contribution in [2.24, 2.45) is 0 Å². The van der Waals surface area contributed by atoms with Crippen molar-refractivity contribution in [3.63, 3.8) is 0 Å². The van der Waals surface area contributed by atoms with Crippen LogP contribution in [0.2, 0.25) is 5.28 Å². The third-order valence-electron chi connectivity index (χ3n) is 0.558. The van der Waals surface area contributed by atoms with Crippen molar-refractivity contribution >= 4 is 16.3 Å². The van der Waals surface area contributed by atoms with E-state index in [1.807, 2.05) is 0 Å². The zero-order valence-corrected chi connectivity index (χ0v) is 5.26. The molecule has 6 heavy (non-hydrogen) atoms.